The maximum Gasteiger partial charge on any atom is 0.134 e. The summed E-state index contributed by atoms with van der Waals surface area (Å²) < 4.78 is 17.9. The Balaban J connectivity index is 1.58. The van der Waals surface area contributed by atoms with Crippen molar-refractivity contribution < 1.29 is 28.6 Å². The molecule has 0 saturated heterocycles. The molecule has 162 valence electrons. The first-order chi connectivity index (χ1) is 16.1. The third kappa shape index (κ3) is 5.76. The fraction of sp³-hybridized carbons (Fsp3) is 0.111. The standard InChI is InChI=1S/C27H18O6/c28-16-19-1-7-22(8-2-19)31-25-13-26(32-23-9-3-20(17-29)4-10-23)15-27(14-25)33-24-11-5-21(18-30)6-12-24/h1,3,5,7-15H,2,4,6H2. The topological polar surface area (TPSA) is 78.9 Å². The number of ether oxygens (including phenoxy) is 3. The van der Waals surface area contributed by atoms with Crippen LogP contribution in [-0.2, 0) is 14.4 Å². The molecule has 0 N–H and O–H groups in total. The summed E-state index contributed by atoms with van der Waals surface area (Å²) in [6.07, 6.45) is 16.7. The van der Waals surface area contributed by atoms with Crippen molar-refractivity contribution in [3.05, 3.63) is 107 Å². The first-order valence-electron chi connectivity index (χ1n) is 10.2. The van der Waals surface area contributed by atoms with Gasteiger partial charge in [0.2, 0.25) is 0 Å². The first-order valence-corrected chi connectivity index (χ1v) is 10.2. The Kier molecular flexibility index (Phi) is 6.65. The highest BCUT2D eigenvalue weighted by molar-refractivity contribution is 5.61. The quantitative estimate of drug-likeness (QED) is 0.603. The molecule has 0 amide bonds. The van der Waals surface area contributed by atoms with E-state index in [2.05, 4.69) is 0 Å². The fourth-order valence-electron chi connectivity index (χ4n) is 3.17. The lowest BCUT2D eigenvalue weighted by Crippen LogP contribution is -2.01. The normalized spacial score (nSPS) is 16.7. The van der Waals surface area contributed by atoms with Gasteiger partial charge in [0.05, 0.1) is 0 Å². The molecule has 6 heteroatoms. The maximum absolute atomic E-state index is 10.8. The van der Waals surface area contributed by atoms with Crippen LogP contribution in [0.2, 0.25) is 0 Å². The van der Waals surface area contributed by atoms with Crippen LogP contribution in [0.25, 0.3) is 0 Å². The van der Waals surface area contributed by atoms with Gasteiger partial charge in [0.25, 0.3) is 0 Å². The smallest absolute Gasteiger partial charge is 0.134 e. The number of carbonyl (C=O) groups excluding carboxylic acids is 3. The van der Waals surface area contributed by atoms with Crippen molar-refractivity contribution in [2.75, 3.05) is 0 Å². The lowest BCUT2D eigenvalue weighted by molar-refractivity contribution is 0.401. The van der Waals surface area contributed by atoms with Crippen LogP contribution in [0.4, 0.5) is 0 Å². The Morgan fingerprint density at radius 2 is 0.788 bits per heavy atom. The van der Waals surface area contributed by atoms with Crippen LogP contribution in [0.3, 0.4) is 0 Å². The highest BCUT2D eigenvalue weighted by Crippen LogP contribution is 2.33. The number of hydrogen-bond donors (Lipinski definition) is 0. The zero-order chi connectivity index (χ0) is 23.0. The second-order valence-electron chi connectivity index (χ2n) is 7.26. The molecule has 0 bridgehead atoms. The minimum atomic E-state index is 0.434. The lowest BCUT2D eigenvalue weighted by Gasteiger charge is -2.16. The first kappa shape index (κ1) is 21.6. The lowest BCUT2D eigenvalue weighted by atomic mass is 10.1. The van der Waals surface area contributed by atoms with Crippen LogP contribution >= 0.6 is 0 Å². The summed E-state index contributed by atoms with van der Waals surface area (Å²) in [5.41, 5.74) is 1.63. The Hall–Kier alpha value is -4.59. The zero-order valence-electron chi connectivity index (χ0n) is 17.5. The minimum Gasteiger partial charge on any atom is -0.457 e. The van der Waals surface area contributed by atoms with E-state index >= 15 is 0 Å². The number of rotatable bonds is 6. The molecule has 0 atom stereocenters. The molecule has 0 aromatic heterocycles. The number of allylic oxidation sites excluding steroid dienone is 12. The van der Waals surface area contributed by atoms with Crippen molar-refractivity contribution in [3.8, 4) is 17.2 Å². The fourth-order valence-corrected chi connectivity index (χ4v) is 3.17. The molecule has 33 heavy (non-hydrogen) atoms. The van der Waals surface area contributed by atoms with E-state index in [1.165, 1.54) is 0 Å². The van der Waals surface area contributed by atoms with Crippen LogP contribution in [-0.4, -0.2) is 17.8 Å². The van der Waals surface area contributed by atoms with E-state index in [0.717, 1.165) is 0 Å². The van der Waals surface area contributed by atoms with Crippen molar-refractivity contribution in [3.63, 3.8) is 0 Å². The van der Waals surface area contributed by atoms with Crippen molar-refractivity contribution in [1.29, 1.82) is 0 Å². The molecule has 1 aromatic carbocycles. The van der Waals surface area contributed by atoms with Gasteiger partial charge < -0.3 is 14.2 Å². The Morgan fingerprint density at radius 1 is 0.485 bits per heavy atom. The Bertz CT molecular complexity index is 1140. The molecule has 0 aliphatic heterocycles. The van der Waals surface area contributed by atoms with E-state index in [0.29, 0.717) is 70.5 Å². The summed E-state index contributed by atoms with van der Waals surface area (Å²) in [4.78, 5) is 32.4. The second-order valence-corrected chi connectivity index (χ2v) is 7.26. The molecule has 3 aliphatic rings. The van der Waals surface area contributed by atoms with E-state index in [9.17, 15) is 14.4 Å². The van der Waals surface area contributed by atoms with Crippen LogP contribution in [0.1, 0.15) is 19.3 Å². The number of hydrogen-bond acceptors (Lipinski definition) is 6. The van der Waals surface area contributed by atoms with Gasteiger partial charge in [-0.15, -0.1) is 0 Å². The second kappa shape index (κ2) is 10.1. The van der Waals surface area contributed by atoms with E-state index in [-0.39, 0.29) is 0 Å². The SMILES string of the molecule is O=C=C1C=CC(Oc2cc(OC3=CCC(=C=O)C=C3)cc(OC3=CCC(=C=O)C=C3)c2)=CC1. The summed E-state index contributed by atoms with van der Waals surface area (Å²) in [7, 11) is 0. The monoisotopic (exact) mass is 438 g/mol. The third-order valence-electron chi connectivity index (χ3n) is 4.87. The summed E-state index contributed by atoms with van der Waals surface area (Å²) in [6, 6.07) is 5.14. The summed E-state index contributed by atoms with van der Waals surface area (Å²) in [5.74, 6) is 8.77. The number of benzene rings is 1. The summed E-state index contributed by atoms with van der Waals surface area (Å²) >= 11 is 0. The average molecular weight is 438 g/mol. The van der Waals surface area contributed by atoms with Gasteiger partial charge in [0.15, 0.2) is 0 Å². The molecule has 6 nitrogen and oxygen atoms in total. The molecule has 0 fully saturated rings. The van der Waals surface area contributed by atoms with E-state index in [1.54, 1.807) is 72.9 Å². The molecule has 0 spiro atoms. The molecule has 1 aromatic rings. The van der Waals surface area contributed by atoms with Crippen molar-refractivity contribution in [2.24, 2.45) is 0 Å². The Labute approximate surface area is 190 Å². The van der Waals surface area contributed by atoms with Crippen molar-refractivity contribution >= 4 is 17.8 Å². The van der Waals surface area contributed by atoms with Gasteiger partial charge in [0, 0.05) is 54.2 Å². The highest BCUT2D eigenvalue weighted by Gasteiger charge is 2.12. The molecule has 0 radical (unpaired) electrons. The average Bonchev–Trinajstić information content (AvgIpc) is 2.85. The van der Waals surface area contributed by atoms with Crippen molar-refractivity contribution in [2.45, 2.75) is 19.3 Å². The molecule has 0 heterocycles. The van der Waals surface area contributed by atoms with E-state index in [1.807, 2.05) is 17.8 Å². The van der Waals surface area contributed by atoms with Gasteiger partial charge in [-0.2, -0.15) is 0 Å². The van der Waals surface area contributed by atoms with Crippen molar-refractivity contribution in [1.82, 2.24) is 0 Å². The molecular weight excluding hydrogens is 420 g/mol. The summed E-state index contributed by atoms with van der Waals surface area (Å²) in [5, 5.41) is 0. The molecule has 4 rings (SSSR count). The predicted molar refractivity (Wildman–Crippen MR) is 121 cm³/mol. The minimum absolute atomic E-state index is 0.434. The van der Waals surface area contributed by atoms with Crippen LogP contribution < -0.4 is 14.2 Å². The third-order valence-corrected chi connectivity index (χ3v) is 4.87. The molecule has 3 aliphatic carbocycles. The van der Waals surface area contributed by atoms with Crippen LogP contribution in [0.5, 0.6) is 17.2 Å². The van der Waals surface area contributed by atoms with E-state index < -0.39 is 0 Å². The summed E-state index contributed by atoms with van der Waals surface area (Å²) in [6.45, 7) is 0. The highest BCUT2D eigenvalue weighted by atomic mass is 16.5. The van der Waals surface area contributed by atoms with Crippen LogP contribution in [0, 0.1) is 0 Å². The Morgan fingerprint density at radius 3 is 1.00 bits per heavy atom. The molecular formula is C27H18O6. The van der Waals surface area contributed by atoms with Gasteiger partial charge in [-0.1, -0.05) is 0 Å². The molecule has 0 unspecified atom stereocenters. The van der Waals surface area contributed by atoms with Gasteiger partial charge in [0.1, 0.15) is 52.4 Å². The van der Waals surface area contributed by atoms with Gasteiger partial charge in [-0.05, 0) is 54.7 Å². The predicted octanol–water partition coefficient (Wildman–Crippen LogP) is 4.63. The largest absolute Gasteiger partial charge is 0.457 e. The van der Waals surface area contributed by atoms with Gasteiger partial charge >= 0.3 is 0 Å². The van der Waals surface area contributed by atoms with Crippen LogP contribution in [0.15, 0.2) is 107 Å². The molecule has 0 saturated carbocycles. The zero-order valence-corrected chi connectivity index (χ0v) is 17.5. The van der Waals surface area contributed by atoms with Gasteiger partial charge in [-0.3, -0.25) is 0 Å². The maximum atomic E-state index is 10.8. The van der Waals surface area contributed by atoms with E-state index in [4.69, 9.17) is 14.2 Å². The van der Waals surface area contributed by atoms with Gasteiger partial charge in [-0.25, -0.2) is 14.4 Å².